The average molecular weight is 624 g/mol. The van der Waals surface area contributed by atoms with Gasteiger partial charge in [-0.25, -0.2) is 4.68 Å². The van der Waals surface area contributed by atoms with E-state index in [0.717, 1.165) is 33.6 Å². The molecule has 1 saturated heterocycles. The predicted molar refractivity (Wildman–Crippen MR) is 172 cm³/mol. The second kappa shape index (κ2) is 12.0. The van der Waals surface area contributed by atoms with Crippen molar-refractivity contribution in [2.45, 2.75) is 19.1 Å². The highest BCUT2D eigenvalue weighted by molar-refractivity contribution is 8.00. The number of thioether (sulfide) groups is 1. The number of aryl methyl sites for hydroxylation is 1. The maximum atomic E-state index is 14.1. The van der Waals surface area contributed by atoms with Crippen LogP contribution in [-0.4, -0.2) is 82.6 Å². The molecule has 0 radical (unpaired) electrons. The van der Waals surface area contributed by atoms with Crippen molar-refractivity contribution in [3.8, 4) is 28.4 Å². The number of ether oxygens (including phenoxy) is 2. The first-order valence-electron chi connectivity index (χ1n) is 15.0. The quantitative estimate of drug-likeness (QED) is 0.325. The van der Waals surface area contributed by atoms with Crippen LogP contribution in [0, 0.1) is 6.92 Å². The Morgan fingerprint density at radius 2 is 1.62 bits per heavy atom. The summed E-state index contributed by atoms with van der Waals surface area (Å²) in [6.45, 7) is 5.38. The Kier molecular flexibility index (Phi) is 7.70. The van der Waals surface area contributed by atoms with Crippen molar-refractivity contribution in [1.82, 2.24) is 19.6 Å². The summed E-state index contributed by atoms with van der Waals surface area (Å²) in [5, 5.41) is 4.91. The van der Waals surface area contributed by atoms with Crippen molar-refractivity contribution in [3.05, 3.63) is 89.5 Å². The first kappa shape index (κ1) is 29.0. The Morgan fingerprint density at radius 3 is 2.38 bits per heavy atom. The van der Waals surface area contributed by atoms with Crippen molar-refractivity contribution in [3.63, 3.8) is 0 Å². The fourth-order valence-corrected chi connectivity index (χ4v) is 7.33. The van der Waals surface area contributed by atoms with Crippen LogP contribution in [0.25, 0.3) is 16.9 Å². The van der Waals surface area contributed by atoms with E-state index < -0.39 is 0 Å². The number of anilines is 1. The van der Waals surface area contributed by atoms with E-state index in [1.165, 1.54) is 11.8 Å². The molecular weight excluding hydrogens is 590 g/mol. The number of piperazine rings is 1. The highest BCUT2D eigenvalue weighted by atomic mass is 32.2. The number of nitrogens with zero attached hydrogens (tertiary/aromatic N) is 5. The Bertz CT molecular complexity index is 1780. The lowest BCUT2D eigenvalue weighted by molar-refractivity contribution is -0.137. The van der Waals surface area contributed by atoms with E-state index in [9.17, 15) is 14.4 Å². The predicted octanol–water partition coefficient (Wildman–Crippen LogP) is 4.44. The summed E-state index contributed by atoms with van der Waals surface area (Å²) in [5.41, 5.74) is 5.27. The van der Waals surface area contributed by atoms with Crippen LogP contribution >= 0.6 is 11.8 Å². The van der Waals surface area contributed by atoms with Gasteiger partial charge < -0.3 is 19.3 Å². The molecule has 0 saturated carbocycles. The minimum atomic E-state index is -0.286. The summed E-state index contributed by atoms with van der Waals surface area (Å²) in [4.78, 5) is 44.9. The van der Waals surface area contributed by atoms with E-state index in [1.54, 1.807) is 21.6 Å². The third-order valence-corrected chi connectivity index (χ3v) is 9.81. The molecule has 1 atom stereocenters. The van der Waals surface area contributed by atoms with Crippen molar-refractivity contribution in [2.75, 3.05) is 50.2 Å². The Morgan fingerprint density at radius 1 is 0.911 bits per heavy atom. The summed E-state index contributed by atoms with van der Waals surface area (Å²) in [6, 6.07) is 23.7. The number of rotatable bonds is 5. The topological polar surface area (TPSA) is 97.2 Å². The van der Waals surface area contributed by atoms with Crippen molar-refractivity contribution in [2.24, 2.45) is 0 Å². The monoisotopic (exact) mass is 623 g/mol. The zero-order chi connectivity index (χ0) is 31.1. The zero-order valence-electron chi connectivity index (χ0n) is 25.1. The van der Waals surface area contributed by atoms with Gasteiger partial charge in [0.1, 0.15) is 12.4 Å². The van der Waals surface area contributed by atoms with Gasteiger partial charge in [0.2, 0.25) is 24.5 Å². The molecule has 3 aromatic carbocycles. The number of fused-ring (bicyclic) bond motifs is 2. The van der Waals surface area contributed by atoms with Crippen molar-refractivity contribution >= 4 is 35.3 Å². The summed E-state index contributed by atoms with van der Waals surface area (Å²) in [6.07, 6.45) is 0. The average Bonchev–Trinajstić information content (AvgIpc) is 3.66. The van der Waals surface area contributed by atoms with E-state index in [-0.39, 0.29) is 42.1 Å². The number of aromatic nitrogens is 2. The molecule has 11 heteroatoms. The lowest BCUT2D eigenvalue weighted by atomic mass is 9.99. The molecule has 3 amide bonds. The standard InChI is InChI=1S/C34H33N5O5S/c1-22-8-6-7-11-26(22)39-34-31(32(35-39)24-9-4-3-5-10-24)33(25-12-13-27-28(18-25)44-21-43-27)45-20-30(42)38(34)19-29(41)37-16-14-36(15-17-37)23(2)40/h3-13,18,33H,14-17,19-21H2,1-2H3. The van der Waals surface area contributed by atoms with Crippen LogP contribution in [-0.2, 0) is 14.4 Å². The van der Waals surface area contributed by atoms with Crippen molar-refractivity contribution < 1.29 is 23.9 Å². The minimum Gasteiger partial charge on any atom is -0.454 e. The Balaban J connectivity index is 1.39. The molecule has 4 heterocycles. The van der Waals surface area contributed by atoms with Gasteiger partial charge in [0.05, 0.1) is 22.4 Å². The fraction of sp³-hybridized carbons (Fsp3) is 0.294. The maximum absolute atomic E-state index is 14.1. The number of hydrogen-bond donors (Lipinski definition) is 0. The first-order valence-corrected chi connectivity index (χ1v) is 16.0. The molecule has 0 aliphatic carbocycles. The van der Waals surface area contributed by atoms with Gasteiger partial charge in [0.25, 0.3) is 0 Å². The second-order valence-electron chi connectivity index (χ2n) is 11.3. The molecule has 1 fully saturated rings. The van der Waals surface area contributed by atoms with Gasteiger partial charge in [-0.1, -0.05) is 54.6 Å². The number of carbonyl (C=O) groups is 3. The van der Waals surface area contributed by atoms with Gasteiger partial charge in [-0.2, -0.15) is 5.10 Å². The molecule has 1 unspecified atom stereocenters. The summed E-state index contributed by atoms with van der Waals surface area (Å²) >= 11 is 1.51. The van der Waals surface area contributed by atoms with Crippen LogP contribution in [0.2, 0.25) is 0 Å². The molecule has 3 aliphatic heterocycles. The van der Waals surface area contributed by atoms with E-state index in [1.807, 2.05) is 84.4 Å². The van der Waals surface area contributed by atoms with Gasteiger partial charge >= 0.3 is 0 Å². The summed E-state index contributed by atoms with van der Waals surface area (Å²) in [5.74, 6) is 1.76. The lowest BCUT2D eigenvalue weighted by Crippen LogP contribution is -2.53. The third kappa shape index (κ3) is 5.41. The molecule has 1 aromatic heterocycles. The van der Waals surface area contributed by atoms with Crippen LogP contribution in [0.3, 0.4) is 0 Å². The molecule has 230 valence electrons. The first-order chi connectivity index (χ1) is 21.9. The number of benzene rings is 3. The van der Waals surface area contributed by atoms with Gasteiger partial charge in [0.15, 0.2) is 11.5 Å². The molecular formula is C34H33N5O5S. The normalized spacial score (nSPS) is 17.7. The minimum absolute atomic E-state index is 0.00315. The van der Waals surface area contributed by atoms with E-state index in [0.29, 0.717) is 43.5 Å². The highest BCUT2D eigenvalue weighted by Crippen LogP contribution is 2.50. The van der Waals surface area contributed by atoms with E-state index in [2.05, 4.69) is 0 Å². The van der Waals surface area contributed by atoms with Crippen LogP contribution in [0.4, 0.5) is 5.82 Å². The van der Waals surface area contributed by atoms with Crippen LogP contribution in [0.1, 0.15) is 28.9 Å². The molecule has 0 N–H and O–H groups in total. The molecule has 4 aromatic rings. The van der Waals surface area contributed by atoms with Gasteiger partial charge in [0, 0.05) is 44.2 Å². The SMILES string of the molecule is CC(=O)N1CCN(C(=O)CN2C(=O)CSC(c3ccc4c(c3)OCO4)c3c(-c4ccccc4)nn(-c4ccccc4C)c32)CC1. The fourth-order valence-electron chi connectivity index (χ4n) is 6.14. The molecule has 3 aliphatic rings. The molecule has 0 spiro atoms. The molecule has 45 heavy (non-hydrogen) atoms. The van der Waals surface area contributed by atoms with Gasteiger partial charge in [-0.3, -0.25) is 19.3 Å². The van der Waals surface area contributed by atoms with Crippen molar-refractivity contribution in [1.29, 1.82) is 0 Å². The smallest absolute Gasteiger partial charge is 0.242 e. The van der Waals surface area contributed by atoms with Crippen LogP contribution in [0.5, 0.6) is 11.5 Å². The summed E-state index contributed by atoms with van der Waals surface area (Å²) < 4.78 is 13.2. The number of carbonyl (C=O) groups excluding carboxylic acids is 3. The molecule has 7 rings (SSSR count). The number of para-hydroxylation sites is 1. The number of amides is 3. The highest BCUT2D eigenvalue weighted by Gasteiger charge is 2.39. The molecule has 10 nitrogen and oxygen atoms in total. The van der Waals surface area contributed by atoms with Crippen LogP contribution < -0.4 is 14.4 Å². The van der Waals surface area contributed by atoms with Crippen LogP contribution in [0.15, 0.2) is 72.8 Å². The van der Waals surface area contributed by atoms with Gasteiger partial charge in [-0.05, 0) is 36.2 Å². The lowest BCUT2D eigenvalue weighted by Gasteiger charge is -2.35. The second-order valence-corrected chi connectivity index (χ2v) is 12.4. The largest absolute Gasteiger partial charge is 0.454 e. The zero-order valence-corrected chi connectivity index (χ0v) is 26.0. The summed E-state index contributed by atoms with van der Waals surface area (Å²) in [7, 11) is 0. The van der Waals surface area contributed by atoms with Gasteiger partial charge in [-0.15, -0.1) is 11.8 Å². The van der Waals surface area contributed by atoms with E-state index in [4.69, 9.17) is 14.6 Å². The number of hydrogen-bond acceptors (Lipinski definition) is 7. The third-order valence-electron chi connectivity index (χ3n) is 8.55. The Labute approximate surface area is 265 Å². The maximum Gasteiger partial charge on any atom is 0.242 e. The van der Waals surface area contributed by atoms with E-state index >= 15 is 0 Å². The Hall–Kier alpha value is -4.77. The molecule has 0 bridgehead atoms.